The largest absolute Gasteiger partial charge is 0.497 e. The van der Waals surface area contributed by atoms with Crippen molar-refractivity contribution in [3.63, 3.8) is 0 Å². The minimum atomic E-state index is -0.364. The molecular formula is C21H21FN2O3. The highest BCUT2D eigenvalue weighted by Crippen LogP contribution is 2.23. The molecule has 1 amide bonds. The maximum absolute atomic E-state index is 13.8. The van der Waals surface area contributed by atoms with Gasteiger partial charge in [0.2, 0.25) is 5.91 Å². The number of carbonyl (C=O) groups excluding carboxylic acids is 1. The number of amides is 1. The smallest absolute Gasteiger partial charge is 0.220 e. The Kier molecular flexibility index (Phi) is 6.20. The molecule has 0 fully saturated rings. The first-order chi connectivity index (χ1) is 13.2. The zero-order valence-corrected chi connectivity index (χ0v) is 15.1. The van der Waals surface area contributed by atoms with Gasteiger partial charge >= 0.3 is 0 Å². The molecule has 0 aliphatic rings. The molecule has 1 heterocycles. The summed E-state index contributed by atoms with van der Waals surface area (Å²) in [7, 11) is 1.63. The molecule has 3 aromatic rings. The number of oxazole rings is 1. The molecule has 0 unspecified atom stereocenters. The molecule has 1 aromatic heterocycles. The summed E-state index contributed by atoms with van der Waals surface area (Å²) in [6.45, 7) is 0.553. The summed E-state index contributed by atoms with van der Waals surface area (Å²) < 4.78 is 24.4. The predicted molar refractivity (Wildman–Crippen MR) is 99.9 cm³/mol. The van der Waals surface area contributed by atoms with E-state index in [1.807, 2.05) is 24.3 Å². The lowest BCUT2D eigenvalue weighted by Gasteiger charge is -2.05. The van der Waals surface area contributed by atoms with E-state index in [-0.39, 0.29) is 18.1 Å². The third-order valence-corrected chi connectivity index (χ3v) is 4.15. The third kappa shape index (κ3) is 5.17. The molecule has 0 saturated heterocycles. The van der Waals surface area contributed by atoms with Gasteiger partial charge in [0, 0.05) is 19.4 Å². The molecule has 0 saturated carbocycles. The van der Waals surface area contributed by atoms with E-state index < -0.39 is 0 Å². The minimum absolute atomic E-state index is 0.0749. The monoisotopic (exact) mass is 368 g/mol. The second kappa shape index (κ2) is 8.98. The molecule has 5 nitrogen and oxygen atoms in total. The van der Waals surface area contributed by atoms with E-state index in [9.17, 15) is 9.18 Å². The highest BCUT2D eigenvalue weighted by atomic mass is 19.1. The Morgan fingerprint density at radius 1 is 1.15 bits per heavy atom. The molecule has 1 N–H and O–H groups in total. The quantitative estimate of drug-likeness (QED) is 0.657. The Morgan fingerprint density at radius 2 is 1.93 bits per heavy atom. The summed E-state index contributed by atoms with van der Waals surface area (Å²) in [5, 5.41) is 2.88. The van der Waals surface area contributed by atoms with E-state index >= 15 is 0 Å². The van der Waals surface area contributed by atoms with Crippen molar-refractivity contribution >= 4 is 5.91 Å². The zero-order valence-electron chi connectivity index (χ0n) is 15.1. The van der Waals surface area contributed by atoms with Crippen molar-refractivity contribution in [3.05, 3.63) is 72.0 Å². The number of halogens is 1. The molecular weight excluding hydrogens is 347 g/mol. The maximum atomic E-state index is 13.8. The number of hydrogen-bond acceptors (Lipinski definition) is 4. The van der Waals surface area contributed by atoms with Crippen LogP contribution in [-0.2, 0) is 17.6 Å². The molecule has 0 aliphatic carbocycles. The van der Waals surface area contributed by atoms with E-state index in [0.29, 0.717) is 30.2 Å². The van der Waals surface area contributed by atoms with Crippen LogP contribution in [0.1, 0.15) is 17.9 Å². The van der Waals surface area contributed by atoms with Crippen molar-refractivity contribution < 1.29 is 18.3 Å². The highest BCUT2D eigenvalue weighted by molar-refractivity contribution is 5.76. The third-order valence-electron chi connectivity index (χ3n) is 4.15. The average Bonchev–Trinajstić information content (AvgIpc) is 3.16. The second-order valence-electron chi connectivity index (χ2n) is 6.05. The van der Waals surface area contributed by atoms with Crippen molar-refractivity contribution in [1.29, 1.82) is 0 Å². The topological polar surface area (TPSA) is 64.4 Å². The van der Waals surface area contributed by atoms with Gasteiger partial charge < -0.3 is 14.5 Å². The van der Waals surface area contributed by atoms with Crippen LogP contribution in [0.25, 0.3) is 11.3 Å². The maximum Gasteiger partial charge on any atom is 0.220 e. The van der Waals surface area contributed by atoms with Gasteiger partial charge in [0.05, 0.1) is 18.9 Å². The number of nitrogens with one attached hydrogen (secondary N) is 1. The molecule has 0 bridgehead atoms. The van der Waals surface area contributed by atoms with Crippen LogP contribution < -0.4 is 10.1 Å². The lowest BCUT2D eigenvalue weighted by atomic mass is 10.1. The first-order valence-electron chi connectivity index (χ1n) is 8.75. The number of aromatic nitrogens is 1. The molecule has 0 spiro atoms. The Balaban J connectivity index is 1.43. The van der Waals surface area contributed by atoms with Gasteiger partial charge in [0.25, 0.3) is 0 Å². The number of aryl methyl sites for hydroxylation is 1. The molecule has 3 rings (SSSR count). The van der Waals surface area contributed by atoms with Gasteiger partial charge in [0.1, 0.15) is 11.6 Å². The highest BCUT2D eigenvalue weighted by Gasteiger charge is 2.11. The van der Waals surface area contributed by atoms with Gasteiger partial charge in [0.15, 0.2) is 11.7 Å². The fraction of sp³-hybridized carbons (Fsp3) is 0.238. The number of nitrogens with zero attached hydrogens (tertiary/aromatic N) is 1. The van der Waals surface area contributed by atoms with E-state index in [1.165, 1.54) is 12.3 Å². The van der Waals surface area contributed by atoms with Crippen LogP contribution in [0.4, 0.5) is 4.39 Å². The van der Waals surface area contributed by atoms with Gasteiger partial charge in [-0.3, -0.25) is 4.79 Å². The summed E-state index contributed by atoms with van der Waals surface area (Å²) >= 11 is 0. The minimum Gasteiger partial charge on any atom is -0.497 e. The lowest BCUT2D eigenvalue weighted by Crippen LogP contribution is -2.25. The molecule has 6 heteroatoms. The Hall–Kier alpha value is -3.15. The van der Waals surface area contributed by atoms with Crippen molar-refractivity contribution in [1.82, 2.24) is 10.3 Å². The van der Waals surface area contributed by atoms with E-state index in [1.54, 1.807) is 25.3 Å². The van der Waals surface area contributed by atoms with Gasteiger partial charge in [-0.25, -0.2) is 9.37 Å². The lowest BCUT2D eigenvalue weighted by molar-refractivity contribution is -0.121. The molecule has 0 aliphatic heterocycles. The fourth-order valence-electron chi connectivity index (χ4n) is 2.66. The van der Waals surface area contributed by atoms with Gasteiger partial charge in [-0.05, 0) is 36.2 Å². The summed E-state index contributed by atoms with van der Waals surface area (Å²) in [6, 6.07) is 14.1. The summed E-state index contributed by atoms with van der Waals surface area (Å²) in [4.78, 5) is 16.1. The van der Waals surface area contributed by atoms with E-state index in [0.717, 1.165) is 17.7 Å². The zero-order chi connectivity index (χ0) is 19.1. The Labute approximate surface area is 157 Å². The Bertz CT molecular complexity index is 890. The fourth-order valence-corrected chi connectivity index (χ4v) is 2.66. The van der Waals surface area contributed by atoms with Crippen molar-refractivity contribution in [2.24, 2.45) is 0 Å². The number of methoxy groups -OCH3 is 1. The van der Waals surface area contributed by atoms with Crippen molar-refractivity contribution in [3.8, 4) is 17.1 Å². The van der Waals surface area contributed by atoms with E-state index in [2.05, 4.69) is 10.3 Å². The summed E-state index contributed by atoms with van der Waals surface area (Å²) in [5.41, 5.74) is 1.48. The molecule has 0 atom stereocenters. The van der Waals surface area contributed by atoms with Crippen LogP contribution in [0.5, 0.6) is 5.75 Å². The molecule has 140 valence electrons. The van der Waals surface area contributed by atoms with Crippen LogP contribution in [0.2, 0.25) is 0 Å². The van der Waals surface area contributed by atoms with Crippen molar-refractivity contribution in [2.45, 2.75) is 19.3 Å². The van der Waals surface area contributed by atoms with Gasteiger partial charge in [-0.2, -0.15) is 0 Å². The first kappa shape index (κ1) is 18.6. The van der Waals surface area contributed by atoms with Crippen LogP contribution in [0, 0.1) is 5.82 Å². The summed E-state index contributed by atoms with van der Waals surface area (Å²) in [5.74, 6) is 1.15. The number of benzene rings is 2. The standard InChI is InChI=1S/C21H21FN2O3/c1-26-16-8-6-15(7-9-16)12-13-23-20(25)10-11-21-24-14-19(27-21)17-4-2-3-5-18(17)22/h2-9,14H,10-13H2,1H3,(H,23,25). The number of hydrogen-bond donors (Lipinski definition) is 1. The molecule has 0 radical (unpaired) electrons. The number of rotatable bonds is 8. The summed E-state index contributed by atoms with van der Waals surface area (Å²) in [6.07, 6.45) is 2.85. The van der Waals surface area contributed by atoms with Crippen molar-refractivity contribution in [2.75, 3.05) is 13.7 Å². The van der Waals surface area contributed by atoms with Crippen LogP contribution >= 0.6 is 0 Å². The van der Waals surface area contributed by atoms with E-state index in [4.69, 9.17) is 9.15 Å². The van der Waals surface area contributed by atoms with Crippen LogP contribution in [0.3, 0.4) is 0 Å². The Morgan fingerprint density at radius 3 is 2.67 bits per heavy atom. The normalized spacial score (nSPS) is 10.6. The number of carbonyl (C=O) groups is 1. The van der Waals surface area contributed by atoms with Gasteiger partial charge in [-0.1, -0.05) is 24.3 Å². The first-order valence-corrected chi connectivity index (χ1v) is 8.75. The SMILES string of the molecule is COc1ccc(CCNC(=O)CCc2ncc(-c3ccccc3F)o2)cc1. The number of ether oxygens (including phenoxy) is 1. The van der Waals surface area contributed by atoms with Crippen LogP contribution in [0.15, 0.2) is 59.1 Å². The van der Waals surface area contributed by atoms with Crippen LogP contribution in [-0.4, -0.2) is 24.5 Å². The average molecular weight is 368 g/mol. The van der Waals surface area contributed by atoms with Gasteiger partial charge in [-0.15, -0.1) is 0 Å². The molecule has 2 aromatic carbocycles. The predicted octanol–water partition coefficient (Wildman–Crippen LogP) is 3.78. The second-order valence-corrected chi connectivity index (χ2v) is 6.05. The molecule has 27 heavy (non-hydrogen) atoms.